The Morgan fingerprint density at radius 3 is 2.36 bits per heavy atom. The fourth-order valence-corrected chi connectivity index (χ4v) is 1.61. The molecule has 0 aliphatic carbocycles. The second kappa shape index (κ2) is 4.54. The van der Waals surface area contributed by atoms with Crippen molar-refractivity contribution in [3.05, 3.63) is 34.9 Å². The molecule has 0 atom stereocenters. The van der Waals surface area contributed by atoms with Gasteiger partial charge in [-0.05, 0) is 36.0 Å². The molecule has 78 valence electrons. The average Bonchev–Trinajstić information content (AvgIpc) is 2.08. The summed E-state index contributed by atoms with van der Waals surface area (Å²) in [5.74, 6) is -0.498. The van der Waals surface area contributed by atoms with Gasteiger partial charge in [0.2, 0.25) is 0 Å². The topological polar surface area (TPSA) is 0 Å². The standard InChI is InChI=1S/C12H16F2/c1-4-9-6-10(13)7-12(14)11(9)5-8(2)3/h6-8H,4-5H2,1-3H3. The molecule has 0 spiro atoms. The largest absolute Gasteiger partial charge is 0.207 e. The van der Waals surface area contributed by atoms with Crippen molar-refractivity contribution in [3.63, 3.8) is 0 Å². The predicted octanol–water partition coefficient (Wildman–Crippen LogP) is 3.73. The molecule has 0 amide bonds. The van der Waals surface area contributed by atoms with Gasteiger partial charge in [0.25, 0.3) is 0 Å². The van der Waals surface area contributed by atoms with Crippen LogP contribution in [0.5, 0.6) is 0 Å². The van der Waals surface area contributed by atoms with E-state index in [0.717, 1.165) is 11.6 Å². The Morgan fingerprint density at radius 1 is 1.21 bits per heavy atom. The fraction of sp³-hybridized carbons (Fsp3) is 0.500. The molecule has 0 N–H and O–H groups in total. The summed E-state index contributed by atoms with van der Waals surface area (Å²) in [6.07, 6.45) is 1.35. The minimum absolute atomic E-state index is 0.389. The second-order valence-electron chi connectivity index (χ2n) is 3.98. The highest BCUT2D eigenvalue weighted by Gasteiger charge is 2.11. The molecule has 0 aliphatic heterocycles. The van der Waals surface area contributed by atoms with Crippen LogP contribution < -0.4 is 0 Å². The van der Waals surface area contributed by atoms with Crippen LogP contribution in [-0.4, -0.2) is 0 Å². The molecular weight excluding hydrogens is 182 g/mol. The van der Waals surface area contributed by atoms with Crippen molar-refractivity contribution in [2.24, 2.45) is 5.92 Å². The summed E-state index contributed by atoms with van der Waals surface area (Å²) in [4.78, 5) is 0. The summed E-state index contributed by atoms with van der Waals surface area (Å²) in [6, 6.07) is 2.40. The van der Waals surface area contributed by atoms with Crippen molar-refractivity contribution < 1.29 is 8.78 Å². The van der Waals surface area contributed by atoms with Gasteiger partial charge in [-0.3, -0.25) is 0 Å². The number of hydrogen-bond donors (Lipinski definition) is 0. The predicted molar refractivity (Wildman–Crippen MR) is 54.3 cm³/mol. The van der Waals surface area contributed by atoms with Crippen LogP contribution in [0.1, 0.15) is 31.9 Å². The molecule has 0 saturated heterocycles. The molecule has 0 radical (unpaired) electrons. The molecule has 0 nitrogen and oxygen atoms in total. The SMILES string of the molecule is CCc1cc(F)cc(F)c1CC(C)C. The average molecular weight is 198 g/mol. The Morgan fingerprint density at radius 2 is 1.86 bits per heavy atom. The number of aryl methyl sites for hydroxylation is 1. The Balaban J connectivity index is 3.11. The van der Waals surface area contributed by atoms with Gasteiger partial charge in [-0.25, -0.2) is 8.78 Å². The van der Waals surface area contributed by atoms with Crippen LogP contribution in [0.15, 0.2) is 12.1 Å². The molecule has 14 heavy (non-hydrogen) atoms. The first-order valence-corrected chi connectivity index (χ1v) is 5.01. The van der Waals surface area contributed by atoms with E-state index in [9.17, 15) is 8.78 Å². The highest BCUT2D eigenvalue weighted by atomic mass is 19.1. The van der Waals surface area contributed by atoms with Crippen LogP contribution in [0.2, 0.25) is 0 Å². The smallest absolute Gasteiger partial charge is 0.129 e. The molecular formula is C12H16F2. The third-order valence-electron chi connectivity index (χ3n) is 2.25. The van der Waals surface area contributed by atoms with E-state index < -0.39 is 11.6 Å². The Kier molecular flexibility index (Phi) is 3.62. The molecule has 0 saturated carbocycles. The molecule has 0 aromatic heterocycles. The Bertz CT molecular complexity index is 316. The van der Waals surface area contributed by atoms with Crippen LogP contribution in [-0.2, 0) is 12.8 Å². The summed E-state index contributed by atoms with van der Waals surface area (Å²) >= 11 is 0. The summed E-state index contributed by atoms with van der Waals surface area (Å²) in [6.45, 7) is 5.97. The quantitative estimate of drug-likeness (QED) is 0.694. The van der Waals surface area contributed by atoms with Crippen LogP contribution in [0, 0.1) is 17.6 Å². The zero-order valence-corrected chi connectivity index (χ0v) is 8.90. The number of halogens is 2. The van der Waals surface area contributed by atoms with Crippen molar-refractivity contribution in [3.8, 4) is 0 Å². The van der Waals surface area contributed by atoms with E-state index in [1.807, 2.05) is 20.8 Å². The lowest BCUT2D eigenvalue weighted by Crippen LogP contribution is -2.03. The number of benzene rings is 1. The van der Waals surface area contributed by atoms with Gasteiger partial charge in [-0.15, -0.1) is 0 Å². The zero-order valence-electron chi connectivity index (χ0n) is 8.90. The van der Waals surface area contributed by atoms with E-state index in [1.54, 1.807) is 0 Å². The van der Waals surface area contributed by atoms with Gasteiger partial charge in [0, 0.05) is 6.07 Å². The highest BCUT2D eigenvalue weighted by molar-refractivity contribution is 5.29. The molecule has 0 fully saturated rings. The van der Waals surface area contributed by atoms with Crippen molar-refractivity contribution in [1.82, 2.24) is 0 Å². The van der Waals surface area contributed by atoms with Crippen molar-refractivity contribution >= 4 is 0 Å². The van der Waals surface area contributed by atoms with Crippen LogP contribution >= 0.6 is 0 Å². The lowest BCUT2D eigenvalue weighted by molar-refractivity contribution is 0.547. The minimum atomic E-state index is -0.480. The van der Waals surface area contributed by atoms with Crippen LogP contribution in [0.3, 0.4) is 0 Å². The summed E-state index contributed by atoms with van der Waals surface area (Å²) < 4.78 is 26.3. The maximum atomic E-state index is 13.4. The van der Waals surface area contributed by atoms with Crippen molar-refractivity contribution in [2.45, 2.75) is 33.6 Å². The summed E-state index contributed by atoms with van der Waals surface area (Å²) in [5.41, 5.74) is 1.46. The zero-order chi connectivity index (χ0) is 10.7. The normalized spacial score (nSPS) is 11.0. The van der Waals surface area contributed by atoms with Crippen LogP contribution in [0.4, 0.5) is 8.78 Å². The molecule has 1 aromatic carbocycles. The van der Waals surface area contributed by atoms with Gasteiger partial charge in [0.05, 0.1) is 0 Å². The van der Waals surface area contributed by atoms with E-state index in [-0.39, 0.29) is 0 Å². The third-order valence-corrected chi connectivity index (χ3v) is 2.25. The summed E-state index contributed by atoms with van der Waals surface area (Å²) in [5, 5.41) is 0. The van der Waals surface area contributed by atoms with Gasteiger partial charge < -0.3 is 0 Å². The fourth-order valence-electron chi connectivity index (χ4n) is 1.61. The van der Waals surface area contributed by atoms with E-state index in [4.69, 9.17) is 0 Å². The van der Waals surface area contributed by atoms with Gasteiger partial charge >= 0.3 is 0 Å². The van der Waals surface area contributed by atoms with Crippen molar-refractivity contribution in [1.29, 1.82) is 0 Å². The van der Waals surface area contributed by atoms with E-state index in [0.29, 0.717) is 24.3 Å². The van der Waals surface area contributed by atoms with Gasteiger partial charge in [0.1, 0.15) is 11.6 Å². The summed E-state index contributed by atoms with van der Waals surface area (Å²) in [7, 11) is 0. The molecule has 0 aliphatic rings. The first-order valence-electron chi connectivity index (χ1n) is 5.01. The third kappa shape index (κ3) is 2.53. The monoisotopic (exact) mass is 198 g/mol. The lowest BCUT2D eigenvalue weighted by Gasteiger charge is -2.11. The minimum Gasteiger partial charge on any atom is -0.207 e. The van der Waals surface area contributed by atoms with Crippen LogP contribution in [0.25, 0.3) is 0 Å². The molecule has 0 heterocycles. The van der Waals surface area contributed by atoms with Crippen molar-refractivity contribution in [2.75, 3.05) is 0 Å². The lowest BCUT2D eigenvalue weighted by atomic mass is 9.96. The van der Waals surface area contributed by atoms with E-state index in [1.165, 1.54) is 6.07 Å². The van der Waals surface area contributed by atoms with E-state index >= 15 is 0 Å². The van der Waals surface area contributed by atoms with Gasteiger partial charge in [0.15, 0.2) is 0 Å². The maximum Gasteiger partial charge on any atom is 0.129 e. The van der Waals surface area contributed by atoms with E-state index in [2.05, 4.69) is 0 Å². The second-order valence-corrected chi connectivity index (χ2v) is 3.98. The number of hydrogen-bond acceptors (Lipinski definition) is 0. The molecule has 0 bridgehead atoms. The molecule has 1 aromatic rings. The molecule has 2 heteroatoms. The van der Waals surface area contributed by atoms with Gasteiger partial charge in [-0.2, -0.15) is 0 Å². The first kappa shape index (κ1) is 11.2. The molecule has 0 unspecified atom stereocenters. The Labute approximate surface area is 84.0 Å². The first-order chi connectivity index (χ1) is 6.54. The number of rotatable bonds is 3. The molecule has 1 rings (SSSR count). The van der Waals surface area contributed by atoms with Gasteiger partial charge in [-0.1, -0.05) is 20.8 Å². The highest BCUT2D eigenvalue weighted by Crippen LogP contribution is 2.20. The Hall–Kier alpha value is -0.920. The maximum absolute atomic E-state index is 13.4.